The summed E-state index contributed by atoms with van der Waals surface area (Å²) in [5.41, 5.74) is 1.60. The molecule has 1 N–H and O–H groups in total. The molecule has 2 aromatic rings. The number of hydrogen-bond donors (Lipinski definition) is 1. The molecule has 1 atom stereocenters. The van der Waals surface area contributed by atoms with E-state index in [1.165, 1.54) is 13.0 Å². The van der Waals surface area contributed by atoms with Crippen LogP contribution in [0.4, 0.5) is 0 Å². The lowest BCUT2D eigenvalue weighted by molar-refractivity contribution is -0.124. The van der Waals surface area contributed by atoms with Crippen LogP contribution in [0.15, 0.2) is 60.2 Å². The minimum atomic E-state index is -0.793. The summed E-state index contributed by atoms with van der Waals surface area (Å²) in [5.74, 6) is -0.0458. The van der Waals surface area contributed by atoms with E-state index in [-0.39, 0.29) is 11.5 Å². The summed E-state index contributed by atoms with van der Waals surface area (Å²) in [6.45, 7) is 1.35. The van der Waals surface area contributed by atoms with Crippen molar-refractivity contribution in [3.8, 4) is 11.8 Å². The SMILES string of the molecule is COc1ccc(/C=C(\C#N)C(=O)[C@H](Cc2ccccc2)NC(C)=O)cc1. The third-order valence-electron chi connectivity index (χ3n) is 3.79. The summed E-state index contributed by atoms with van der Waals surface area (Å²) in [6.07, 6.45) is 1.84. The van der Waals surface area contributed by atoms with E-state index in [1.807, 2.05) is 36.4 Å². The van der Waals surface area contributed by atoms with Crippen molar-refractivity contribution in [2.45, 2.75) is 19.4 Å². The predicted molar refractivity (Wildman–Crippen MR) is 99.3 cm³/mol. The summed E-state index contributed by atoms with van der Waals surface area (Å²) in [4.78, 5) is 24.3. The van der Waals surface area contributed by atoms with E-state index in [0.29, 0.717) is 17.7 Å². The molecule has 0 saturated heterocycles. The molecular formula is C21H20N2O3. The van der Waals surface area contributed by atoms with Gasteiger partial charge in [0, 0.05) is 13.3 Å². The van der Waals surface area contributed by atoms with Gasteiger partial charge in [-0.05, 0) is 29.3 Å². The zero-order valence-corrected chi connectivity index (χ0v) is 14.7. The first-order valence-corrected chi connectivity index (χ1v) is 8.14. The molecule has 132 valence electrons. The van der Waals surface area contributed by atoms with Crippen LogP contribution in [0.1, 0.15) is 18.1 Å². The van der Waals surface area contributed by atoms with Crippen molar-refractivity contribution in [3.05, 3.63) is 71.3 Å². The smallest absolute Gasteiger partial charge is 0.217 e. The van der Waals surface area contributed by atoms with Crippen molar-refractivity contribution < 1.29 is 14.3 Å². The zero-order chi connectivity index (χ0) is 18.9. The van der Waals surface area contributed by atoms with Crippen molar-refractivity contribution in [1.82, 2.24) is 5.32 Å². The first-order chi connectivity index (χ1) is 12.5. The van der Waals surface area contributed by atoms with E-state index in [0.717, 1.165) is 5.56 Å². The first-order valence-electron chi connectivity index (χ1n) is 8.14. The zero-order valence-electron chi connectivity index (χ0n) is 14.7. The normalized spacial score (nSPS) is 12.0. The topological polar surface area (TPSA) is 79.2 Å². The molecule has 5 heteroatoms. The molecule has 0 aliphatic rings. The molecule has 1 amide bonds. The van der Waals surface area contributed by atoms with Crippen LogP contribution >= 0.6 is 0 Å². The lowest BCUT2D eigenvalue weighted by Gasteiger charge is -2.16. The van der Waals surface area contributed by atoms with Gasteiger partial charge in [0.1, 0.15) is 11.8 Å². The molecule has 0 radical (unpaired) electrons. The third kappa shape index (κ3) is 5.32. The van der Waals surface area contributed by atoms with Crippen LogP contribution in [-0.4, -0.2) is 24.8 Å². The van der Waals surface area contributed by atoms with E-state index in [9.17, 15) is 14.9 Å². The maximum Gasteiger partial charge on any atom is 0.217 e. The molecule has 26 heavy (non-hydrogen) atoms. The number of carbonyl (C=O) groups excluding carboxylic acids is 2. The van der Waals surface area contributed by atoms with Crippen LogP contribution in [-0.2, 0) is 16.0 Å². The van der Waals surface area contributed by atoms with Crippen molar-refractivity contribution in [2.75, 3.05) is 7.11 Å². The summed E-state index contributed by atoms with van der Waals surface area (Å²) < 4.78 is 5.10. The number of ether oxygens (including phenoxy) is 1. The Morgan fingerprint density at radius 2 is 1.81 bits per heavy atom. The number of hydrogen-bond acceptors (Lipinski definition) is 4. The molecular weight excluding hydrogens is 328 g/mol. The first kappa shape index (κ1) is 18.9. The highest BCUT2D eigenvalue weighted by Gasteiger charge is 2.23. The largest absolute Gasteiger partial charge is 0.497 e. The highest BCUT2D eigenvalue weighted by Crippen LogP contribution is 2.16. The number of ketones is 1. The Kier molecular flexibility index (Phi) is 6.69. The Morgan fingerprint density at radius 1 is 1.15 bits per heavy atom. The molecule has 0 spiro atoms. The highest BCUT2D eigenvalue weighted by molar-refractivity contribution is 6.07. The predicted octanol–water partition coefficient (Wildman–Crippen LogP) is 2.92. The second-order valence-corrected chi connectivity index (χ2v) is 5.75. The highest BCUT2D eigenvalue weighted by atomic mass is 16.5. The molecule has 0 unspecified atom stereocenters. The molecule has 0 aliphatic heterocycles. The van der Waals surface area contributed by atoms with Crippen LogP contribution in [0.5, 0.6) is 5.75 Å². The molecule has 0 fully saturated rings. The summed E-state index contributed by atoms with van der Waals surface area (Å²) in [7, 11) is 1.57. The molecule has 2 rings (SSSR count). The fraction of sp³-hybridized carbons (Fsp3) is 0.190. The van der Waals surface area contributed by atoms with Gasteiger partial charge in [0.2, 0.25) is 5.91 Å². The summed E-state index contributed by atoms with van der Waals surface area (Å²) in [5, 5.41) is 12.1. The summed E-state index contributed by atoms with van der Waals surface area (Å²) in [6, 6.07) is 17.5. The van der Waals surface area contributed by atoms with Crippen molar-refractivity contribution in [3.63, 3.8) is 0 Å². The second-order valence-electron chi connectivity index (χ2n) is 5.75. The number of amides is 1. The number of benzene rings is 2. The lowest BCUT2D eigenvalue weighted by Crippen LogP contribution is -2.41. The monoisotopic (exact) mass is 348 g/mol. The third-order valence-corrected chi connectivity index (χ3v) is 3.79. The van der Waals surface area contributed by atoms with Gasteiger partial charge in [-0.1, -0.05) is 42.5 Å². The Labute approximate surface area is 152 Å². The Morgan fingerprint density at radius 3 is 2.35 bits per heavy atom. The Bertz CT molecular complexity index is 834. The number of carbonyl (C=O) groups is 2. The van der Waals surface area contributed by atoms with Crippen molar-refractivity contribution in [2.24, 2.45) is 0 Å². The van der Waals surface area contributed by atoms with Crippen LogP contribution < -0.4 is 10.1 Å². The van der Waals surface area contributed by atoms with Gasteiger partial charge in [-0.3, -0.25) is 9.59 Å². The molecule has 0 bridgehead atoms. The Balaban J connectivity index is 2.26. The fourth-order valence-electron chi connectivity index (χ4n) is 2.52. The minimum Gasteiger partial charge on any atom is -0.497 e. The maximum absolute atomic E-state index is 12.8. The average molecular weight is 348 g/mol. The molecule has 2 aromatic carbocycles. The van der Waals surface area contributed by atoms with Crippen LogP contribution in [0.3, 0.4) is 0 Å². The van der Waals surface area contributed by atoms with E-state index in [1.54, 1.807) is 31.4 Å². The minimum absolute atomic E-state index is 0.00940. The molecule has 0 heterocycles. The van der Waals surface area contributed by atoms with Gasteiger partial charge >= 0.3 is 0 Å². The van der Waals surface area contributed by atoms with Gasteiger partial charge in [0.25, 0.3) is 0 Å². The standard InChI is InChI=1S/C21H20N2O3/c1-15(24)23-20(13-16-6-4-3-5-7-16)21(25)18(14-22)12-17-8-10-19(26-2)11-9-17/h3-12,20H,13H2,1-2H3,(H,23,24)/b18-12+/t20-/m0/s1. The average Bonchev–Trinajstić information content (AvgIpc) is 2.66. The molecule has 0 aromatic heterocycles. The van der Waals surface area contributed by atoms with Crippen molar-refractivity contribution >= 4 is 17.8 Å². The lowest BCUT2D eigenvalue weighted by atomic mass is 9.96. The van der Waals surface area contributed by atoms with Gasteiger partial charge in [-0.2, -0.15) is 5.26 Å². The number of nitrogens with one attached hydrogen (secondary N) is 1. The number of nitriles is 1. The van der Waals surface area contributed by atoms with Crippen LogP contribution in [0.25, 0.3) is 6.08 Å². The van der Waals surface area contributed by atoms with E-state index in [4.69, 9.17) is 4.74 Å². The van der Waals surface area contributed by atoms with E-state index < -0.39 is 11.8 Å². The molecule has 0 saturated carbocycles. The van der Waals surface area contributed by atoms with Gasteiger partial charge in [-0.25, -0.2) is 0 Å². The number of nitrogens with zero attached hydrogens (tertiary/aromatic N) is 1. The number of rotatable bonds is 7. The van der Waals surface area contributed by atoms with E-state index >= 15 is 0 Å². The maximum atomic E-state index is 12.8. The van der Waals surface area contributed by atoms with Crippen LogP contribution in [0.2, 0.25) is 0 Å². The van der Waals surface area contributed by atoms with Gasteiger partial charge in [0.05, 0.1) is 18.7 Å². The number of methoxy groups -OCH3 is 1. The fourth-order valence-corrected chi connectivity index (χ4v) is 2.52. The van der Waals surface area contributed by atoms with Gasteiger partial charge < -0.3 is 10.1 Å². The quantitative estimate of drug-likeness (QED) is 0.616. The summed E-state index contributed by atoms with van der Waals surface area (Å²) >= 11 is 0. The van der Waals surface area contributed by atoms with Crippen molar-refractivity contribution in [1.29, 1.82) is 5.26 Å². The molecule has 0 aliphatic carbocycles. The number of Topliss-reactive ketones (excluding diaryl/α,β-unsaturated/α-hetero) is 1. The second kappa shape index (κ2) is 9.19. The Hall–Kier alpha value is -3.39. The van der Waals surface area contributed by atoms with Gasteiger partial charge in [-0.15, -0.1) is 0 Å². The molecule has 5 nitrogen and oxygen atoms in total. The van der Waals surface area contributed by atoms with Gasteiger partial charge in [0.15, 0.2) is 5.78 Å². The van der Waals surface area contributed by atoms with Crippen LogP contribution in [0, 0.1) is 11.3 Å². The van der Waals surface area contributed by atoms with E-state index in [2.05, 4.69) is 5.32 Å².